The number of hydrogen-bond donors (Lipinski definition) is 1. The molecule has 0 aliphatic carbocycles. The lowest BCUT2D eigenvalue weighted by Crippen LogP contribution is -2.34. The fraction of sp³-hybridized carbons (Fsp3) is 0.526. The molecule has 1 aromatic rings. The molecule has 1 aliphatic rings. The first-order valence-corrected chi connectivity index (χ1v) is 10.9. The van der Waals surface area contributed by atoms with Gasteiger partial charge in [0.25, 0.3) is 0 Å². The van der Waals surface area contributed by atoms with E-state index in [0.717, 1.165) is 12.3 Å². The van der Waals surface area contributed by atoms with Crippen LogP contribution in [0.4, 0.5) is 8.78 Å². The molecule has 1 saturated heterocycles. The van der Waals surface area contributed by atoms with Crippen LogP contribution in [0.15, 0.2) is 42.5 Å². The molecule has 1 N–H and O–H groups in total. The Bertz CT molecular complexity index is 765. The Morgan fingerprint density at radius 3 is 2.59 bits per heavy atom. The lowest BCUT2D eigenvalue weighted by molar-refractivity contribution is -0.128. The Morgan fingerprint density at radius 1 is 1.30 bits per heavy atom. The summed E-state index contributed by atoms with van der Waals surface area (Å²) in [4.78, 5) is 13.6. The molecule has 150 valence electrons. The van der Waals surface area contributed by atoms with Crippen molar-refractivity contribution in [3.63, 3.8) is 0 Å². The smallest absolute Gasteiger partial charge is 0.302 e. The van der Waals surface area contributed by atoms with E-state index in [1.54, 1.807) is 11.0 Å². The number of sulfone groups is 1. The summed E-state index contributed by atoms with van der Waals surface area (Å²) in [5, 5.41) is 9.94. The average Bonchev–Trinajstić information content (AvgIpc) is 2.96. The number of aliphatic hydroxyl groups is 1. The van der Waals surface area contributed by atoms with Crippen LogP contribution in [0.3, 0.4) is 0 Å². The van der Waals surface area contributed by atoms with Crippen LogP contribution in [-0.2, 0) is 20.6 Å². The minimum atomic E-state index is -3.43. The summed E-state index contributed by atoms with van der Waals surface area (Å²) in [6.07, 6.45) is 3.41. The SMILES string of the molecule is CS(=O)(=O)CCCCN1C(=O)CC[C@@H]1C=CC(O)C(F)(F)c1ccccc1. The van der Waals surface area contributed by atoms with Gasteiger partial charge < -0.3 is 10.0 Å². The molecule has 1 unspecified atom stereocenters. The summed E-state index contributed by atoms with van der Waals surface area (Å²) in [7, 11) is -3.04. The van der Waals surface area contributed by atoms with Gasteiger partial charge in [0.05, 0.1) is 6.04 Å². The van der Waals surface area contributed by atoms with Crippen LogP contribution in [0.5, 0.6) is 0 Å². The molecule has 2 rings (SSSR count). The van der Waals surface area contributed by atoms with E-state index in [-0.39, 0.29) is 23.3 Å². The number of aliphatic hydroxyl groups excluding tert-OH is 1. The first-order valence-electron chi connectivity index (χ1n) is 8.88. The highest BCUT2D eigenvalue weighted by molar-refractivity contribution is 7.90. The second-order valence-corrected chi connectivity index (χ2v) is 9.11. The molecule has 2 atom stereocenters. The van der Waals surface area contributed by atoms with Crippen molar-refractivity contribution in [1.29, 1.82) is 0 Å². The zero-order chi connectivity index (χ0) is 20.1. The summed E-state index contributed by atoms with van der Waals surface area (Å²) >= 11 is 0. The summed E-state index contributed by atoms with van der Waals surface area (Å²) in [6.45, 7) is 0.370. The number of benzene rings is 1. The molecular formula is C19H25F2NO4S. The van der Waals surface area contributed by atoms with E-state index in [4.69, 9.17) is 0 Å². The minimum absolute atomic E-state index is 0.0531. The van der Waals surface area contributed by atoms with Crippen LogP contribution in [0.2, 0.25) is 0 Å². The van der Waals surface area contributed by atoms with Crippen molar-refractivity contribution in [3.05, 3.63) is 48.0 Å². The number of carbonyl (C=O) groups excluding carboxylic acids is 1. The van der Waals surface area contributed by atoms with Gasteiger partial charge in [-0.3, -0.25) is 4.79 Å². The summed E-state index contributed by atoms with van der Waals surface area (Å²) in [5.41, 5.74) is -0.276. The number of nitrogens with zero attached hydrogens (tertiary/aromatic N) is 1. The van der Waals surface area contributed by atoms with E-state index in [2.05, 4.69) is 0 Å². The molecule has 1 fully saturated rings. The van der Waals surface area contributed by atoms with Gasteiger partial charge >= 0.3 is 5.92 Å². The lowest BCUT2D eigenvalue weighted by Gasteiger charge is -2.24. The van der Waals surface area contributed by atoms with E-state index in [1.807, 2.05) is 0 Å². The predicted molar refractivity (Wildman–Crippen MR) is 99.2 cm³/mol. The maximum Gasteiger partial charge on any atom is 0.302 e. The fourth-order valence-corrected chi connectivity index (χ4v) is 3.81. The first kappa shape index (κ1) is 21.5. The van der Waals surface area contributed by atoms with E-state index in [1.165, 1.54) is 30.3 Å². The van der Waals surface area contributed by atoms with Crippen LogP contribution >= 0.6 is 0 Å². The van der Waals surface area contributed by atoms with E-state index < -0.39 is 21.9 Å². The predicted octanol–water partition coefficient (Wildman–Crippen LogP) is 2.51. The third kappa shape index (κ3) is 6.10. The molecule has 0 saturated carbocycles. The quantitative estimate of drug-likeness (QED) is 0.510. The van der Waals surface area contributed by atoms with Gasteiger partial charge in [0, 0.05) is 30.5 Å². The number of alkyl halides is 2. The van der Waals surface area contributed by atoms with Gasteiger partial charge in [-0.25, -0.2) is 8.42 Å². The number of halogens is 2. The number of amides is 1. The van der Waals surface area contributed by atoms with Crippen molar-refractivity contribution >= 4 is 15.7 Å². The van der Waals surface area contributed by atoms with E-state index in [0.29, 0.717) is 32.2 Å². The van der Waals surface area contributed by atoms with Crippen LogP contribution in [0.1, 0.15) is 31.2 Å². The molecule has 1 aliphatic heterocycles. The van der Waals surface area contributed by atoms with Crippen LogP contribution < -0.4 is 0 Å². The fourth-order valence-electron chi connectivity index (χ4n) is 3.08. The molecule has 27 heavy (non-hydrogen) atoms. The van der Waals surface area contributed by atoms with Crippen LogP contribution in [-0.4, -0.2) is 55.0 Å². The number of hydrogen-bond acceptors (Lipinski definition) is 4. The molecule has 0 spiro atoms. The van der Waals surface area contributed by atoms with Gasteiger partial charge in [-0.1, -0.05) is 42.5 Å². The van der Waals surface area contributed by atoms with Crippen LogP contribution in [0.25, 0.3) is 0 Å². The third-order valence-electron chi connectivity index (χ3n) is 4.58. The van der Waals surface area contributed by atoms with Crippen molar-refractivity contribution < 1.29 is 27.1 Å². The number of unbranched alkanes of at least 4 members (excludes halogenated alkanes) is 1. The lowest BCUT2D eigenvalue weighted by atomic mass is 10.0. The molecule has 0 aromatic heterocycles. The minimum Gasteiger partial charge on any atom is -0.382 e. The summed E-state index contributed by atoms with van der Waals surface area (Å²) in [5.74, 6) is -3.47. The third-order valence-corrected chi connectivity index (χ3v) is 5.61. The largest absolute Gasteiger partial charge is 0.382 e. The molecule has 0 bridgehead atoms. The summed E-state index contributed by atoms with van der Waals surface area (Å²) in [6, 6.07) is 6.72. The highest BCUT2D eigenvalue weighted by atomic mass is 32.2. The molecule has 1 aromatic carbocycles. The second kappa shape index (κ2) is 8.93. The van der Waals surface area contributed by atoms with Gasteiger partial charge in [-0.2, -0.15) is 8.78 Å². The van der Waals surface area contributed by atoms with E-state index in [9.17, 15) is 27.1 Å². The second-order valence-electron chi connectivity index (χ2n) is 6.85. The monoisotopic (exact) mass is 401 g/mol. The van der Waals surface area contributed by atoms with Crippen molar-refractivity contribution in [1.82, 2.24) is 4.90 Å². The molecule has 8 heteroatoms. The maximum absolute atomic E-state index is 14.3. The molecule has 5 nitrogen and oxygen atoms in total. The molecule has 0 radical (unpaired) electrons. The van der Waals surface area contributed by atoms with Gasteiger partial charge in [0.15, 0.2) is 0 Å². The Kier molecular flexibility index (Phi) is 7.11. The Hall–Kier alpha value is -1.80. The Morgan fingerprint density at radius 2 is 1.96 bits per heavy atom. The Labute approximate surface area is 158 Å². The van der Waals surface area contributed by atoms with Crippen molar-refractivity contribution in [3.8, 4) is 0 Å². The number of rotatable bonds is 9. The molecular weight excluding hydrogens is 376 g/mol. The molecule has 1 heterocycles. The highest BCUT2D eigenvalue weighted by Gasteiger charge is 2.39. The zero-order valence-electron chi connectivity index (χ0n) is 15.2. The van der Waals surface area contributed by atoms with E-state index >= 15 is 0 Å². The van der Waals surface area contributed by atoms with Crippen molar-refractivity contribution in [2.75, 3.05) is 18.6 Å². The first-order chi connectivity index (χ1) is 12.6. The van der Waals surface area contributed by atoms with Gasteiger partial charge in [0.2, 0.25) is 5.91 Å². The highest BCUT2D eigenvalue weighted by Crippen LogP contribution is 2.32. The normalized spacial score (nSPS) is 19.8. The summed E-state index contributed by atoms with van der Waals surface area (Å²) < 4.78 is 50.9. The average molecular weight is 401 g/mol. The van der Waals surface area contributed by atoms with Crippen LogP contribution in [0, 0.1) is 0 Å². The van der Waals surface area contributed by atoms with Gasteiger partial charge in [0.1, 0.15) is 15.9 Å². The van der Waals surface area contributed by atoms with Crippen molar-refractivity contribution in [2.45, 2.75) is 43.8 Å². The standard InChI is InChI=1S/C19H25F2NO4S/c1-27(25,26)14-6-5-13-22-16(10-12-18(22)24)9-11-17(23)19(20,21)15-7-3-2-4-8-15/h2-4,7-9,11,16-17,23H,5-6,10,12-14H2,1H3/t16-,17?/m0/s1. The van der Waals surface area contributed by atoms with Crippen molar-refractivity contribution in [2.24, 2.45) is 0 Å². The topological polar surface area (TPSA) is 74.7 Å². The van der Waals surface area contributed by atoms with Gasteiger partial charge in [-0.15, -0.1) is 0 Å². The maximum atomic E-state index is 14.3. The number of likely N-dealkylation sites (tertiary alicyclic amines) is 1. The van der Waals surface area contributed by atoms with Gasteiger partial charge in [-0.05, 0) is 19.3 Å². The number of carbonyl (C=O) groups is 1. The Balaban J connectivity index is 1.96. The molecule has 1 amide bonds. The zero-order valence-corrected chi connectivity index (χ0v) is 16.0.